The van der Waals surface area contributed by atoms with E-state index in [4.69, 9.17) is 0 Å². The number of nitrogens with one attached hydrogen (secondary N) is 1. The Morgan fingerprint density at radius 2 is 1.62 bits per heavy atom. The molecule has 2 aromatic rings. The van der Waals surface area contributed by atoms with Crippen molar-refractivity contribution in [3.8, 4) is 0 Å². The van der Waals surface area contributed by atoms with Crippen molar-refractivity contribution in [1.82, 2.24) is 10.2 Å². The maximum absolute atomic E-state index is 12.4. The molecule has 2 aromatic carbocycles. The Labute approximate surface area is 156 Å². The highest BCUT2D eigenvalue weighted by atomic mass is 32.2. The van der Waals surface area contributed by atoms with Crippen molar-refractivity contribution in [2.75, 3.05) is 26.9 Å². The fourth-order valence-corrected chi connectivity index (χ4v) is 3.49. The Bertz CT molecular complexity index is 816. The molecule has 2 rings (SSSR count). The van der Waals surface area contributed by atoms with Crippen molar-refractivity contribution in [1.29, 1.82) is 0 Å². The maximum Gasteiger partial charge on any atom is 0.251 e. The molecule has 0 spiro atoms. The minimum atomic E-state index is -3.08. The maximum atomic E-state index is 12.4. The van der Waals surface area contributed by atoms with Crippen molar-refractivity contribution in [2.45, 2.75) is 18.2 Å². The molecule has 0 aromatic heterocycles. The Balaban J connectivity index is 1.95. The molecule has 5 nitrogen and oxygen atoms in total. The van der Waals surface area contributed by atoms with E-state index < -0.39 is 9.84 Å². The first-order valence-electron chi connectivity index (χ1n) is 8.50. The van der Waals surface area contributed by atoms with Crippen LogP contribution in [-0.2, 0) is 22.0 Å². The van der Waals surface area contributed by atoms with E-state index >= 15 is 0 Å². The zero-order chi connectivity index (χ0) is 19.2. The molecule has 0 aliphatic heterocycles. The summed E-state index contributed by atoms with van der Waals surface area (Å²) in [5.41, 5.74) is 2.43. The summed E-state index contributed by atoms with van der Waals surface area (Å²) in [6, 6.07) is 17.1. The molecule has 0 radical (unpaired) electrons. The predicted molar refractivity (Wildman–Crippen MR) is 105 cm³/mol. The second-order valence-corrected chi connectivity index (χ2v) is 8.92. The summed E-state index contributed by atoms with van der Waals surface area (Å²) in [5, 5.41) is 2.97. The van der Waals surface area contributed by atoms with Crippen LogP contribution in [0, 0.1) is 0 Å². The number of carbonyl (C=O) groups excluding carboxylic acids is 1. The summed E-state index contributed by atoms with van der Waals surface area (Å²) in [6.07, 6.45) is 2.04. The summed E-state index contributed by atoms with van der Waals surface area (Å²) >= 11 is 0. The molecule has 1 N–H and O–H groups in total. The van der Waals surface area contributed by atoms with Crippen LogP contribution < -0.4 is 5.32 Å². The van der Waals surface area contributed by atoms with Gasteiger partial charge in [-0.1, -0.05) is 42.5 Å². The van der Waals surface area contributed by atoms with E-state index in [1.807, 2.05) is 32.3 Å². The normalized spacial score (nSPS) is 12.8. The van der Waals surface area contributed by atoms with Crippen molar-refractivity contribution in [3.63, 3.8) is 0 Å². The van der Waals surface area contributed by atoms with Crippen LogP contribution in [0.3, 0.4) is 0 Å². The summed E-state index contributed by atoms with van der Waals surface area (Å²) in [7, 11) is 0.922. The highest BCUT2D eigenvalue weighted by Gasteiger charge is 2.15. The predicted octanol–water partition coefficient (Wildman–Crippen LogP) is 2.13. The molecule has 1 unspecified atom stereocenters. The summed E-state index contributed by atoms with van der Waals surface area (Å²) < 4.78 is 22.7. The van der Waals surface area contributed by atoms with Crippen LogP contribution in [-0.4, -0.2) is 52.2 Å². The number of likely N-dealkylation sites (N-methyl/N-ethyl adjacent to an activating group) is 1. The molecule has 1 amide bonds. The third-order valence-electron chi connectivity index (χ3n) is 4.19. The van der Waals surface area contributed by atoms with Gasteiger partial charge in [0.2, 0.25) is 0 Å². The van der Waals surface area contributed by atoms with E-state index in [2.05, 4.69) is 22.3 Å². The molecular weight excluding hydrogens is 348 g/mol. The van der Waals surface area contributed by atoms with E-state index in [0.717, 1.165) is 6.42 Å². The summed E-state index contributed by atoms with van der Waals surface area (Å²) in [4.78, 5) is 14.5. The summed E-state index contributed by atoms with van der Waals surface area (Å²) in [5.74, 6) is -0.176. The number of hydrogen-bond donors (Lipinski definition) is 1. The average molecular weight is 375 g/mol. The lowest BCUT2D eigenvalue weighted by Gasteiger charge is -2.24. The minimum absolute atomic E-state index is 0.0192. The van der Waals surface area contributed by atoms with Gasteiger partial charge in [0.15, 0.2) is 9.84 Å². The smallest absolute Gasteiger partial charge is 0.251 e. The fourth-order valence-electron chi connectivity index (χ4n) is 2.69. The Hall–Kier alpha value is -2.18. The minimum Gasteiger partial charge on any atom is -0.350 e. The van der Waals surface area contributed by atoms with Crippen LogP contribution in [0.25, 0.3) is 0 Å². The van der Waals surface area contributed by atoms with Crippen molar-refractivity contribution < 1.29 is 13.2 Å². The van der Waals surface area contributed by atoms with E-state index in [9.17, 15) is 13.2 Å². The van der Waals surface area contributed by atoms with Crippen molar-refractivity contribution in [3.05, 3.63) is 71.3 Å². The van der Waals surface area contributed by atoms with E-state index in [1.54, 1.807) is 24.3 Å². The highest BCUT2D eigenvalue weighted by Crippen LogP contribution is 2.09. The van der Waals surface area contributed by atoms with Gasteiger partial charge in [-0.25, -0.2) is 8.42 Å². The standard InChI is InChI=1S/C20H26N2O3S/c1-22(2)19(13-16-7-5-4-6-8-16)14-21-20(23)18-11-9-17(10-12-18)15-26(3,24)25/h4-12,19H,13-15H2,1-3H3,(H,21,23). The van der Waals surface area contributed by atoms with Crippen molar-refractivity contribution >= 4 is 15.7 Å². The lowest BCUT2D eigenvalue weighted by Crippen LogP contribution is -2.41. The van der Waals surface area contributed by atoms with Gasteiger partial charge in [0.05, 0.1) is 5.75 Å². The van der Waals surface area contributed by atoms with Gasteiger partial charge in [0.25, 0.3) is 5.91 Å². The van der Waals surface area contributed by atoms with Gasteiger partial charge < -0.3 is 10.2 Å². The molecule has 26 heavy (non-hydrogen) atoms. The molecule has 0 aliphatic carbocycles. The van der Waals surface area contributed by atoms with Crippen LogP contribution in [0.4, 0.5) is 0 Å². The largest absolute Gasteiger partial charge is 0.350 e. The highest BCUT2D eigenvalue weighted by molar-refractivity contribution is 7.89. The van der Waals surface area contributed by atoms with Gasteiger partial charge >= 0.3 is 0 Å². The molecule has 0 saturated carbocycles. The van der Waals surface area contributed by atoms with Gasteiger partial charge in [-0.2, -0.15) is 0 Å². The molecule has 0 fully saturated rings. The van der Waals surface area contributed by atoms with Crippen LogP contribution in [0.15, 0.2) is 54.6 Å². The van der Waals surface area contributed by atoms with Crippen LogP contribution in [0.2, 0.25) is 0 Å². The number of carbonyl (C=O) groups is 1. The molecule has 0 bridgehead atoms. The van der Waals surface area contributed by atoms with E-state index in [0.29, 0.717) is 17.7 Å². The van der Waals surface area contributed by atoms with E-state index in [1.165, 1.54) is 11.8 Å². The van der Waals surface area contributed by atoms with Gasteiger partial charge in [-0.05, 0) is 43.8 Å². The fraction of sp³-hybridized carbons (Fsp3) is 0.350. The van der Waals surface area contributed by atoms with Crippen LogP contribution >= 0.6 is 0 Å². The summed E-state index contributed by atoms with van der Waals surface area (Å²) in [6.45, 7) is 0.534. The third kappa shape index (κ3) is 6.61. The van der Waals surface area contributed by atoms with Crippen LogP contribution in [0.5, 0.6) is 0 Å². The topological polar surface area (TPSA) is 66.5 Å². The average Bonchev–Trinajstić information content (AvgIpc) is 2.58. The molecular formula is C20H26N2O3S. The van der Waals surface area contributed by atoms with Crippen molar-refractivity contribution in [2.24, 2.45) is 0 Å². The van der Waals surface area contributed by atoms with Gasteiger partial charge in [0, 0.05) is 24.4 Å². The second-order valence-electron chi connectivity index (χ2n) is 6.78. The molecule has 0 heterocycles. The number of rotatable bonds is 8. The zero-order valence-corrected chi connectivity index (χ0v) is 16.3. The van der Waals surface area contributed by atoms with Gasteiger partial charge in [-0.3, -0.25) is 4.79 Å². The Morgan fingerprint density at radius 3 is 2.15 bits per heavy atom. The molecule has 0 aliphatic rings. The molecule has 140 valence electrons. The number of benzene rings is 2. The molecule has 1 atom stereocenters. The van der Waals surface area contributed by atoms with Crippen LogP contribution in [0.1, 0.15) is 21.5 Å². The molecule has 6 heteroatoms. The Morgan fingerprint density at radius 1 is 1.00 bits per heavy atom. The van der Waals surface area contributed by atoms with Gasteiger partial charge in [-0.15, -0.1) is 0 Å². The third-order valence-corrected chi connectivity index (χ3v) is 5.05. The second kappa shape index (κ2) is 8.96. The first-order chi connectivity index (χ1) is 12.2. The molecule has 0 saturated heterocycles. The lowest BCUT2D eigenvalue weighted by atomic mass is 10.0. The van der Waals surface area contributed by atoms with Gasteiger partial charge in [0.1, 0.15) is 0 Å². The quantitative estimate of drug-likeness (QED) is 0.769. The first kappa shape index (κ1) is 20.1. The number of amides is 1. The zero-order valence-electron chi connectivity index (χ0n) is 15.5. The number of sulfone groups is 1. The SMILES string of the molecule is CN(C)C(CNC(=O)c1ccc(CS(C)(=O)=O)cc1)Cc1ccccc1. The number of nitrogens with zero attached hydrogens (tertiary/aromatic N) is 1. The first-order valence-corrected chi connectivity index (χ1v) is 10.6. The van der Waals surface area contributed by atoms with E-state index in [-0.39, 0.29) is 17.7 Å². The monoisotopic (exact) mass is 374 g/mol. The Kier molecular flexibility index (Phi) is 6.94. The lowest BCUT2D eigenvalue weighted by molar-refractivity contribution is 0.0941. The number of hydrogen-bond acceptors (Lipinski definition) is 4.